The second-order valence-corrected chi connectivity index (χ2v) is 5.06. The summed E-state index contributed by atoms with van der Waals surface area (Å²) in [5, 5.41) is 0. The van der Waals surface area contributed by atoms with Gasteiger partial charge >= 0.3 is 0 Å². The number of benzene rings is 2. The number of thioether (sulfide) groups is 1. The molecule has 0 bridgehead atoms. The van der Waals surface area contributed by atoms with Crippen molar-refractivity contribution in [3.63, 3.8) is 0 Å². The fraction of sp³-hybridized carbons (Fsp3) is 0.0625. The molecule has 0 saturated heterocycles. The fourth-order valence-corrected chi connectivity index (χ4v) is 2.49. The van der Waals surface area contributed by atoms with E-state index >= 15 is 0 Å². The van der Waals surface area contributed by atoms with Crippen LogP contribution in [0.5, 0.6) is 0 Å². The predicted molar refractivity (Wildman–Crippen MR) is 77.5 cm³/mol. The Hall–Kier alpha value is -1.80. The molecule has 1 nitrogen and oxygen atoms in total. The van der Waals surface area contributed by atoms with Crippen LogP contribution < -0.4 is 0 Å². The van der Waals surface area contributed by atoms with Crippen molar-refractivity contribution in [2.75, 3.05) is 0 Å². The zero-order valence-corrected chi connectivity index (χ0v) is 11.0. The van der Waals surface area contributed by atoms with Crippen LogP contribution in [0.2, 0.25) is 0 Å². The lowest BCUT2D eigenvalue weighted by Crippen LogP contribution is -1.81. The van der Waals surface area contributed by atoms with Crippen molar-refractivity contribution in [3.05, 3.63) is 71.8 Å². The summed E-state index contributed by atoms with van der Waals surface area (Å²) in [5.74, 6) is 0. The Kier molecular flexibility index (Phi) is 4.37. The van der Waals surface area contributed by atoms with E-state index in [2.05, 4.69) is 31.2 Å². The molecule has 2 heteroatoms. The lowest BCUT2D eigenvalue weighted by atomic mass is 10.2. The maximum absolute atomic E-state index is 10.7. The van der Waals surface area contributed by atoms with Crippen LogP contribution in [0.3, 0.4) is 0 Å². The van der Waals surface area contributed by atoms with E-state index in [9.17, 15) is 4.79 Å². The van der Waals surface area contributed by atoms with Crippen LogP contribution >= 0.6 is 11.8 Å². The van der Waals surface area contributed by atoms with Gasteiger partial charge in [-0.3, -0.25) is 4.79 Å². The quantitative estimate of drug-likeness (QED) is 0.459. The smallest absolute Gasteiger partial charge is 0.143 e. The third kappa shape index (κ3) is 3.34. The van der Waals surface area contributed by atoms with Crippen LogP contribution in [0.1, 0.15) is 11.1 Å². The topological polar surface area (TPSA) is 17.1 Å². The van der Waals surface area contributed by atoms with Crippen LogP contribution in [0.15, 0.2) is 65.6 Å². The van der Waals surface area contributed by atoms with E-state index in [1.54, 1.807) is 17.8 Å². The minimum Gasteiger partial charge on any atom is -0.299 e. The van der Waals surface area contributed by atoms with Gasteiger partial charge in [0.1, 0.15) is 6.29 Å². The zero-order chi connectivity index (χ0) is 12.8. The monoisotopic (exact) mass is 254 g/mol. The third-order valence-electron chi connectivity index (χ3n) is 2.53. The predicted octanol–water partition coefficient (Wildman–Crippen LogP) is 4.33. The lowest BCUT2D eigenvalue weighted by molar-refractivity contribution is -0.104. The Labute approximate surface area is 112 Å². The molecule has 2 aromatic carbocycles. The molecule has 0 spiro atoms. The van der Waals surface area contributed by atoms with Gasteiger partial charge in [0.05, 0.1) is 0 Å². The molecule has 0 aromatic heterocycles. The number of carbonyl (C=O) groups is 1. The molecular weight excluding hydrogens is 240 g/mol. The molecule has 0 aliphatic carbocycles. The van der Waals surface area contributed by atoms with Crippen LogP contribution in [0, 0.1) is 6.92 Å². The first kappa shape index (κ1) is 12.7. The van der Waals surface area contributed by atoms with Gasteiger partial charge < -0.3 is 0 Å². The molecule has 0 saturated carbocycles. The van der Waals surface area contributed by atoms with Gasteiger partial charge in [0.15, 0.2) is 0 Å². The van der Waals surface area contributed by atoms with Gasteiger partial charge in [-0.1, -0.05) is 59.8 Å². The van der Waals surface area contributed by atoms with Gasteiger partial charge in [-0.05, 0) is 30.7 Å². The number of carbonyl (C=O) groups excluding carboxylic acids is 1. The van der Waals surface area contributed by atoms with Crippen LogP contribution in [-0.4, -0.2) is 6.29 Å². The van der Waals surface area contributed by atoms with Crippen molar-refractivity contribution < 1.29 is 4.79 Å². The summed E-state index contributed by atoms with van der Waals surface area (Å²) in [5.41, 5.74) is 2.30. The van der Waals surface area contributed by atoms with Crippen molar-refractivity contribution in [1.82, 2.24) is 0 Å². The highest BCUT2D eigenvalue weighted by Gasteiger charge is 2.03. The fourth-order valence-electron chi connectivity index (χ4n) is 1.59. The molecule has 0 radical (unpaired) electrons. The van der Waals surface area contributed by atoms with Crippen LogP contribution in [0.4, 0.5) is 0 Å². The average Bonchev–Trinajstić information content (AvgIpc) is 2.42. The number of allylic oxidation sites excluding steroid dienone is 1. The molecule has 0 fully saturated rings. The molecule has 0 unspecified atom stereocenters. The maximum Gasteiger partial charge on any atom is 0.143 e. The number of aryl methyl sites for hydroxylation is 1. The highest BCUT2D eigenvalue weighted by Crippen LogP contribution is 2.33. The second kappa shape index (κ2) is 6.22. The molecule has 2 rings (SSSR count). The second-order valence-electron chi connectivity index (χ2n) is 3.95. The molecule has 0 N–H and O–H groups in total. The first-order valence-corrected chi connectivity index (χ1v) is 6.56. The SMILES string of the molecule is Cc1ccc(S/C(=C/C=O)c2ccccc2)cc1. The summed E-state index contributed by atoms with van der Waals surface area (Å²) >= 11 is 1.60. The minimum absolute atomic E-state index is 0.837. The summed E-state index contributed by atoms with van der Waals surface area (Å²) < 4.78 is 0. The summed E-state index contributed by atoms with van der Waals surface area (Å²) in [6.07, 6.45) is 2.45. The van der Waals surface area contributed by atoms with E-state index in [4.69, 9.17) is 0 Å². The van der Waals surface area contributed by atoms with E-state index in [1.165, 1.54) is 5.56 Å². The Balaban J connectivity index is 2.25. The largest absolute Gasteiger partial charge is 0.299 e. The third-order valence-corrected chi connectivity index (χ3v) is 3.63. The molecule has 0 heterocycles. The van der Waals surface area contributed by atoms with Gasteiger partial charge in [-0.15, -0.1) is 0 Å². The summed E-state index contributed by atoms with van der Waals surface area (Å²) in [7, 11) is 0. The van der Waals surface area contributed by atoms with Crippen molar-refractivity contribution in [1.29, 1.82) is 0 Å². The van der Waals surface area contributed by atoms with E-state index in [1.807, 2.05) is 30.3 Å². The number of hydrogen-bond acceptors (Lipinski definition) is 2. The summed E-state index contributed by atoms with van der Waals surface area (Å²) in [6.45, 7) is 2.06. The molecule has 18 heavy (non-hydrogen) atoms. The molecular formula is C16H14OS. The Morgan fingerprint density at radius 2 is 1.67 bits per heavy atom. The average molecular weight is 254 g/mol. The molecule has 0 atom stereocenters. The van der Waals surface area contributed by atoms with Crippen molar-refractivity contribution >= 4 is 23.0 Å². The highest BCUT2D eigenvalue weighted by atomic mass is 32.2. The molecule has 90 valence electrons. The first-order chi connectivity index (χ1) is 8.79. The first-order valence-electron chi connectivity index (χ1n) is 5.75. The Morgan fingerprint density at radius 1 is 1.00 bits per heavy atom. The van der Waals surface area contributed by atoms with E-state index in [0.29, 0.717) is 0 Å². The zero-order valence-electron chi connectivity index (χ0n) is 10.2. The number of rotatable bonds is 4. The van der Waals surface area contributed by atoms with Crippen molar-refractivity contribution in [2.24, 2.45) is 0 Å². The molecule has 0 aliphatic heterocycles. The van der Waals surface area contributed by atoms with E-state index < -0.39 is 0 Å². The van der Waals surface area contributed by atoms with Crippen LogP contribution in [-0.2, 0) is 4.79 Å². The lowest BCUT2D eigenvalue weighted by Gasteiger charge is -2.06. The maximum atomic E-state index is 10.7. The highest BCUT2D eigenvalue weighted by molar-refractivity contribution is 8.08. The van der Waals surface area contributed by atoms with Crippen LogP contribution in [0.25, 0.3) is 4.91 Å². The van der Waals surface area contributed by atoms with Gasteiger partial charge in [0.25, 0.3) is 0 Å². The Morgan fingerprint density at radius 3 is 2.28 bits per heavy atom. The van der Waals surface area contributed by atoms with Crippen molar-refractivity contribution in [2.45, 2.75) is 11.8 Å². The molecule has 0 aliphatic rings. The summed E-state index contributed by atoms with van der Waals surface area (Å²) in [6, 6.07) is 18.2. The van der Waals surface area contributed by atoms with E-state index in [0.717, 1.165) is 21.7 Å². The van der Waals surface area contributed by atoms with Crippen molar-refractivity contribution in [3.8, 4) is 0 Å². The normalized spacial score (nSPS) is 11.3. The Bertz CT molecular complexity index is 541. The molecule has 2 aromatic rings. The number of aldehydes is 1. The molecule has 0 amide bonds. The standard InChI is InChI=1S/C16H14OS/c1-13-7-9-15(10-8-13)18-16(11-12-17)14-5-3-2-4-6-14/h2-12H,1H3/b16-11+. The van der Waals surface area contributed by atoms with E-state index in [-0.39, 0.29) is 0 Å². The minimum atomic E-state index is 0.837. The van der Waals surface area contributed by atoms with Gasteiger partial charge in [-0.25, -0.2) is 0 Å². The van der Waals surface area contributed by atoms with Gasteiger partial charge in [-0.2, -0.15) is 0 Å². The number of hydrogen-bond donors (Lipinski definition) is 0. The van der Waals surface area contributed by atoms with Gasteiger partial charge in [0, 0.05) is 9.80 Å². The van der Waals surface area contributed by atoms with Gasteiger partial charge in [0.2, 0.25) is 0 Å². The summed E-state index contributed by atoms with van der Waals surface area (Å²) in [4.78, 5) is 12.8.